The predicted molar refractivity (Wildman–Crippen MR) is 87.2 cm³/mol. The lowest BCUT2D eigenvalue weighted by atomic mass is 10.0. The number of hydrogen-bond donors (Lipinski definition) is 0. The summed E-state index contributed by atoms with van der Waals surface area (Å²) < 4.78 is 5.10. The highest BCUT2D eigenvalue weighted by atomic mass is 35.5. The number of rotatable bonds is 3. The third-order valence-electron chi connectivity index (χ3n) is 2.78. The third kappa shape index (κ3) is 3.29. The SMILES string of the molecule is COc1cc(Cl)c(C(Cl)c2ccc(Cl)c(Cl)c2)cc1Cl. The van der Waals surface area contributed by atoms with Crippen LogP contribution >= 0.6 is 58.0 Å². The lowest BCUT2D eigenvalue weighted by molar-refractivity contribution is 0.415. The standard InChI is InChI=1S/C14H9Cl5O/c1-20-13-6-10(16)8(5-12(13)18)14(19)7-2-3-9(15)11(17)4-7/h2-6,14H,1H3. The Morgan fingerprint density at radius 1 is 0.850 bits per heavy atom. The molecule has 0 spiro atoms. The van der Waals surface area contributed by atoms with Crippen LogP contribution in [0, 0.1) is 0 Å². The molecule has 0 saturated carbocycles. The molecule has 0 saturated heterocycles. The molecule has 1 atom stereocenters. The van der Waals surface area contributed by atoms with Gasteiger partial charge >= 0.3 is 0 Å². The molecule has 1 unspecified atom stereocenters. The smallest absolute Gasteiger partial charge is 0.138 e. The van der Waals surface area contributed by atoms with E-state index in [9.17, 15) is 0 Å². The van der Waals surface area contributed by atoms with E-state index in [4.69, 9.17) is 62.7 Å². The second-order valence-electron chi connectivity index (χ2n) is 4.04. The molecule has 0 aliphatic heterocycles. The van der Waals surface area contributed by atoms with E-state index in [2.05, 4.69) is 0 Å². The monoisotopic (exact) mass is 368 g/mol. The van der Waals surface area contributed by atoms with Gasteiger partial charge in [-0.05, 0) is 29.3 Å². The lowest BCUT2D eigenvalue weighted by Crippen LogP contribution is -1.96. The fraction of sp³-hybridized carbons (Fsp3) is 0.143. The maximum Gasteiger partial charge on any atom is 0.138 e. The molecular weight excluding hydrogens is 361 g/mol. The Hall–Kier alpha value is -0.310. The molecule has 106 valence electrons. The van der Waals surface area contributed by atoms with E-state index in [1.165, 1.54) is 7.11 Å². The Balaban J connectivity index is 2.45. The molecule has 2 aromatic rings. The highest BCUT2D eigenvalue weighted by Crippen LogP contribution is 2.40. The first-order chi connectivity index (χ1) is 9.43. The fourth-order valence-electron chi connectivity index (χ4n) is 1.74. The minimum Gasteiger partial charge on any atom is -0.495 e. The van der Waals surface area contributed by atoms with Crippen molar-refractivity contribution in [3.63, 3.8) is 0 Å². The summed E-state index contributed by atoms with van der Waals surface area (Å²) in [4.78, 5) is 0. The van der Waals surface area contributed by atoms with Gasteiger partial charge in [0.25, 0.3) is 0 Å². The van der Waals surface area contributed by atoms with Crippen LogP contribution in [0.2, 0.25) is 20.1 Å². The molecule has 0 aromatic heterocycles. The van der Waals surface area contributed by atoms with Gasteiger partial charge in [-0.25, -0.2) is 0 Å². The van der Waals surface area contributed by atoms with Crippen molar-refractivity contribution < 1.29 is 4.74 Å². The second kappa shape index (κ2) is 6.64. The summed E-state index contributed by atoms with van der Waals surface area (Å²) in [5.74, 6) is 0.499. The van der Waals surface area contributed by atoms with Crippen LogP contribution in [0.3, 0.4) is 0 Å². The molecule has 0 heterocycles. The first-order valence-electron chi connectivity index (χ1n) is 5.56. The molecule has 0 aliphatic rings. The molecule has 6 heteroatoms. The van der Waals surface area contributed by atoms with Gasteiger partial charge in [0.1, 0.15) is 5.75 Å². The van der Waals surface area contributed by atoms with Gasteiger partial charge in [0.2, 0.25) is 0 Å². The van der Waals surface area contributed by atoms with Crippen molar-refractivity contribution in [1.29, 1.82) is 0 Å². The van der Waals surface area contributed by atoms with Crippen molar-refractivity contribution in [3.8, 4) is 5.75 Å². The van der Waals surface area contributed by atoms with E-state index in [1.807, 2.05) is 0 Å². The summed E-state index contributed by atoms with van der Waals surface area (Å²) in [5, 5.41) is 1.33. The van der Waals surface area contributed by atoms with Gasteiger partial charge in [0.05, 0.1) is 27.6 Å². The zero-order valence-electron chi connectivity index (χ0n) is 10.3. The third-order valence-corrected chi connectivity index (χ3v) is 4.63. The van der Waals surface area contributed by atoms with Crippen molar-refractivity contribution in [1.82, 2.24) is 0 Å². The minimum absolute atomic E-state index is 0.436. The van der Waals surface area contributed by atoms with Crippen molar-refractivity contribution in [2.75, 3.05) is 7.11 Å². The summed E-state index contributed by atoms with van der Waals surface area (Å²) >= 11 is 30.6. The molecule has 0 aliphatic carbocycles. The normalized spacial score (nSPS) is 12.3. The van der Waals surface area contributed by atoms with E-state index in [0.29, 0.717) is 31.4 Å². The summed E-state index contributed by atoms with van der Waals surface area (Å²) in [6, 6.07) is 8.50. The molecule has 2 rings (SSSR count). The first kappa shape index (κ1) is 16.1. The Labute approximate surface area is 142 Å². The molecule has 0 amide bonds. The van der Waals surface area contributed by atoms with Crippen LogP contribution in [0.5, 0.6) is 5.75 Å². The molecule has 0 fully saturated rings. The van der Waals surface area contributed by atoms with E-state index in [-0.39, 0.29) is 0 Å². The van der Waals surface area contributed by atoms with Crippen LogP contribution < -0.4 is 4.74 Å². The second-order valence-corrected chi connectivity index (χ2v) is 6.11. The summed E-state index contributed by atoms with van der Waals surface area (Å²) in [7, 11) is 1.52. The van der Waals surface area contributed by atoms with E-state index >= 15 is 0 Å². The fourth-order valence-corrected chi connectivity index (χ4v) is 2.93. The molecule has 0 bridgehead atoms. The highest BCUT2D eigenvalue weighted by molar-refractivity contribution is 6.42. The van der Waals surface area contributed by atoms with Gasteiger partial charge in [-0.15, -0.1) is 11.6 Å². The maximum atomic E-state index is 6.44. The van der Waals surface area contributed by atoms with E-state index < -0.39 is 5.38 Å². The molecule has 2 aromatic carbocycles. The van der Waals surface area contributed by atoms with Gasteiger partial charge in [-0.1, -0.05) is 52.5 Å². The van der Waals surface area contributed by atoms with E-state index in [0.717, 1.165) is 5.56 Å². The van der Waals surface area contributed by atoms with Crippen LogP contribution in [-0.4, -0.2) is 7.11 Å². The quantitative estimate of drug-likeness (QED) is 0.551. The molecule has 0 radical (unpaired) electrons. The van der Waals surface area contributed by atoms with Crippen molar-refractivity contribution in [3.05, 3.63) is 61.5 Å². The van der Waals surface area contributed by atoms with Crippen molar-refractivity contribution in [2.45, 2.75) is 5.38 Å². The number of methoxy groups -OCH3 is 1. The zero-order chi connectivity index (χ0) is 14.9. The first-order valence-corrected chi connectivity index (χ1v) is 7.50. The summed E-state index contributed by atoms with van der Waals surface area (Å²) in [5.41, 5.74) is 1.46. The molecular formula is C14H9Cl5O. The summed E-state index contributed by atoms with van der Waals surface area (Å²) in [6.07, 6.45) is 0. The maximum absolute atomic E-state index is 6.44. The average Bonchev–Trinajstić information content (AvgIpc) is 2.43. The topological polar surface area (TPSA) is 9.23 Å². The lowest BCUT2D eigenvalue weighted by Gasteiger charge is -2.15. The molecule has 20 heavy (non-hydrogen) atoms. The van der Waals surface area contributed by atoms with Gasteiger partial charge in [0, 0.05) is 11.1 Å². The van der Waals surface area contributed by atoms with Crippen molar-refractivity contribution >= 4 is 58.0 Å². The minimum atomic E-state index is -0.485. The summed E-state index contributed by atoms with van der Waals surface area (Å²) in [6.45, 7) is 0. The Morgan fingerprint density at radius 2 is 1.55 bits per heavy atom. The van der Waals surface area contributed by atoms with Crippen LogP contribution in [-0.2, 0) is 0 Å². The number of ether oxygens (including phenoxy) is 1. The van der Waals surface area contributed by atoms with Crippen LogP contribution in [0.1, 0.15) is 16.5 Å². The average molecular weight is 370 g/mol. The molecule has 0 N–H and O–H groups in total. The molecule has 1 nitrogen and oxygen atoms in total. The largest absolute Gasteiger partial charge is 0.495 e. The number of benzene rings is 2. The van der Waals surface area contributed by atoms with Gasteiger partial charge < -0.3 is 4.74 Å². The highest BCUT2D eigenvalue weighted by Gasteiger charge is 2.18. The zero-order valence-corrected chi connectivity index (χ0v) is 14.0. The van der Waals surface area contributed by atoms with Crippen LogP contribution in [0.4, 0.5) is 0 Å². The van der Waals surface area contributed by atoms with Gasteiger partial charge in [-0.2, -0.15) is 0 Å². The Bertz CT molecular complexity index is 642. The van der Waals surface area contributed by atoms with Crippen LogP contribution in [0.25, 0.3) is 0 Å². The number of alkyl halides is 1. The van der Waals surface area contributed by atoms with Gasteiger partial charge in [-0.3, -0.25) is 0 Å². The number of halogens is 5. The van der Waals surface area contributed by atoms with Gasteiger partial charge in [0.15, 0.2) is 0 Å². The Kier molecular flexibility index (Phi) is 5.33. The Morgan fingerprint density at radius 3 is 2.15 bits per heavy atom. The van der Waals surface area contributed by atoms with E-state index in [1.54, 1.807) is 30.3 Å². The van der Waals surface area contributed by atoms with Crippen LogP contribution in [0.15, 0.2) is 30.3 Å². The van der Waals surface area contributed by atoms with Crippen molar-refractivity contribution in [2.24, 2.45) is 0 Å². The number of hydrogen-bond acceptors (Lipinski definition) is 1. The predicted octanol–water partition coefficient (Wildman–Crippen LogP) is 6.64.